The van der Waals surface area contributed by atoms with E-state index in [4.69, 9.17) is 9.47 Å². The van der Waals surface area contributed by atoms with Gasteiger partial charge in [-0.3, -0.25) is 0 Å². The van der Waals surface area contributed by atoms with Crippen LogP contribution in [-0.2, 0) is 0 Å². The molecule has 2 aromatic carbocycles. The molecule has 0 atom stereocenters. The van der Waals surface area contributed by atoms with Crippen LogP contribution in [0, 0.1) is 0 Å². The summed E-state index contributed by atoms with van der Waals surface area (Å²) in [6, 6.07) is 14.2. The number of pyridine rings is 1. The van der Waals surface area contributed by atoms with Gasteiger partial charge in [0.15, 0.2) is 0 Å². The lowest BCUT2D eigenvalue weighted by Gasteiger charge is -2.10. The number of aromatic nitrogens is 1. The Balaban J connectivity index is 2.19. The molecule has 5 heteroatoms. The quantitative estimate of drug-likeness (QED) is 0.768. The van der Waals surface area contributed by atoms with Crippen molar-refractivity contribution < 1.29 is 19.4 Å². The van der Waals surface area contributed by atoms with Gasteiger partial charge in [-0.15, -0.1) is 0 Å². The van der Waals surface area contributed by atoms with Gasteiger partial charge in [-0.25, -0.2) is 9.78 Å². The van der Waals surface area contributed by atoms with Gasteiger partial charge in [0.1, 0.15) is 17.0 Å². The predicted octanol–water partition coefficient (Wildman–Crippen LogP) is 4.01. The fourth-order valence-corrected chi connectivity index (χ4v) is 2.60. The minimum atomic E-state index is -0.997. The van der Waals surface area contributed by atoms with E-state index in [0.29, 0.717) is 29.0 Å². The van der Waals surface area contributed by atoms with Crippen LogP contribution >= 0.6 is 0 Å². The van der Waals surface area contributed by atoms with Crippen LogP contribution in [0.15, 0.2) is 48.5 Å². The normalized spacial score (nSPS) is 10.6. The highest BCUT2D eigenvalue weighted by molar-refractivity contribution is 6.05. The van der Waals surface area contributed by atoms with Crippen molar-refractivity contribution >= 4 is 16.9 Å². The van der Waals surface area contributed by atoms with E-state index in [1.807, 2.05) is 31.2 Å². The highest BCUT2D eigenvalue weighted by Gasteiger charge is 2.15. The smallest absolute Gasteiger partial charge is 0.336 e. The van der Waals surface area contributed by atoms with Crippen LogP contribution in [0.25, 0.3) is 22.2 Å². The first-order valence-electron chi connectivity index (χ1n) is 7.58. The molecule has 0 aliphatic carbocycles. The third-order valence-electron chi connectivity index (χ3n) is 3.71. The van der Waals surface area contributed by atoms with Crippen molar-refractivity contribution in [3.63, 3.8) is 0 Å². The molecule has 3 rings (SSSR count). The summed E-state index contributed by atoms with van der Waals surface area (Å²) in [7, 11) is 1.54. The summed E-state index contributed by atoms with van der Waals surface area (Å²) in [4.78, 5) is 16.3. The Bertz CT molecular complexity index is 888. The molecule has 0 radical (unpaired) electrons. The minimum absolute atomic E-state index is 0.197. The van der Waals surface area contributed by atoms with E-state index in [-0.39, 0.29) is 5.56 Å². The van der Waals surface area contributed by atoms with Crippen LogP contribution in [0.2, 0.25) is 0 Å². The molecule has 0 saturated carbocycles. The van der Waals surface area contributed by atoms with Crippen molar-refractivity contribution in [1.82, 2.24) is 4.98 Å². The first-order chi connectivity index (χ1) is 11.6. The Morgan fingerprint density at radius 3 is 2.54 bits per heavy atom. The number of para-hydroxylation sites is 1. The summed E-state index contributed by atoms with van der Waals surface area (Å²) >= 11 is 0. The van der Waals surface area contributed by atoms with E-state index in [2.05, 4.69) is 4.98 Å². The van der Waals surface area contributed by atoms with E-state index in [9.17, 15) is 9.90 Å². The van der Waals surface area contributed by atoms with E-state index < -0.39 is 5.97 Å². The molecule has 0 bridgehead atoms. The third-order valence-corrected chi connectivity index (χ3v) is 3.71. The predicted molar refractivity (Wildman–Crippen MR) is 91.9 cm³/mol. The number of methoxy groups -OCH3 is 1. The SMILES string of the molecule is CCOc1ccc(-c2cc(C(=O)O)c3cccc(OC)c3n2)cc1. The van der Waals surface area contributed by atoms with Crippen LogP contribution in [-0.4, -0.2) is 29.8 Å². The largest absolute Gasteiger partial charge is 0.494 e. The standard InChI is InChI=1S/C19H17NO4/c1-3-24-13-9-7-12(8-10-13)16-11-15(19(21)22)14-5-4-6-17(23-2)18(14)20-16/h4-11H,3H2,1-2H3,(H,21,22). The van der Waals surface area contributed by atoms with Gasteiger partial charge in [-0.05, 0) is 43.3 Å². The van der Waals surface area contributed by atoms with Crippen molar-refractivity contribution in [1.29, 1.82) is 0 Å². The molecule has 0 amide bonds. The Morgan fingerprint density at radius 1 is 1.17 bits per heavy atom. The monoisotopic (exact) mass is 323 g/mol. The fourth-order valence-electron chi connectivity index (χ4n) is 2.60. The first kappa shape index (κ1) is 15.8. The molecule has 1 heterocycles. The number of nitrogens with zero attached hydrogens (tertiary/aromatic N) is 1. The van der Waals surface area contributed by atoms with Gasteiger partial charge in [0.2, 0.25) is 0 Å². The number of carbonyl (C=O) groups is 1. The molecule has 24 heavy (non-hydrogen) atoms. The lowest BCUT2D eigenvalue weighted by molar-refractivity contribution is 0.0699. The average Bonchev–Trinajstić information content (AvgIpc) is 2.61. The van der Waals surface area contributed by atoms with Crippen molar-refractivity contribution in [3.8, 4) is 22.8 Å². The van der Waals surface area contributed by atoms with Gasteiger partial charge in [0.25, 0.3) is 0 Å². The highest BCUT2D eigenvalue weighted by Crippen LogP contribution is 2.31. The second-order valence-electron chi connectivity index (χ2n) is 5.17. The summed E-state index contributed by atoms with van der Waals surface area (Å²) in [5.41, 5.74) is 2.12. The van der Waals surface area contributed by atoms with Crippen LogP contribution in [0.3, 0.4) is 0 Å². The van der Waals surface area contributed by atoms with E-state index in [1.165, 1.54) is 0 Å². The van der Waals surface area contributed by atoms with Crippen molar-refractivity contribution in [2.24, 2.45) is 0 Å². The summed E-state index contributed by atoms with van der Waals surface area (Å²) < 4.78 is 10.8. The number of carboxylic acids is 1. The van der Waals surface area contributed by atoms with Gasteiger partial charge in [-0.1, -0.05) is 12.1 Å². The number of hydrogen-bond donors (Lipinski definition) is 1. The lowest BCUT2D eigenvalue weighted by Crippen LogP contribution is -2.01. The number of fused-ring (bicyclic) bond motifs is 1. The Kier molecular flexibility index (Phi) is 4.33. The molecule has 0 fully saturated rings. The van der Waals surface area contributed by atoms with Crippen molar-refractivity contribution in [3.05, 3.63) is 54.1 Å². The minimum Gasteiger partial charge on any atom is -0.494 e. The molecule has 0 unspecified atom stereocenters. The van der Waals surface area contributed by atoms with E-state index >= 15 is 0 Å². The summed E-state index contributed by atoms with van der Waals surface area (Å²) in [6.45, 7) is 2.51. The second kappa shape index (κ2) is 6.58. The van der Waals surface area contributed by atoms with Gasteiger partial charge in [0.05, 0.1) is 25.0 Å². The molecule has 0 spiro atoms. The van der Waals surface area contributed by atoms with Crippen LogP contribution in [0.1, 0.15) is 17.3 Å². The zero-order valence-corrected chi connectivity index (χ0v) is 13.4. The number of rotatable bonds is 5. The van der Waals surface area contributed by atoms with Gasteiger partial charge in [-0.2, -0.15) is 0 Å². The van der Waals surface area contributed by atoms with Crippen molar-refractivity contribution in [2.75, 3.05) is 13.7 Å². The van der Waals surface area contributed by atoms with Gasteiger partial charge in [0, 0.05) is 10.9 Å². The van der Waals surface area contributed by atoms with Crippen LogP contribution in [0.4, 0.5) is 0 Å². The number of carboxylic acid groups (broad SMARTS) is 1. The molecule has 1 N–H and O–H groups in total. The average molecular weight is 323 g/mol. The van der Waals surface area contributed by atoms with Gasteiger partial charge >= 0.3 is 5.97 Å². The summed E-state index contributed by atoms with van der Waals surface area (Å²) in [5, 5.41) is 10.1. The highest BCUT2D eigenvalue weighted by atomic mass is 16.5. The maximum Gasteiger partial charge on any atom is 0.336 e. The molecule has 5 nitrogen and oxygen atoms in total. The van der Waals surface area contributed by atoms with Crippen LogP contribution < -0.4 is 9.47 Å². The third kappa shape index (κ3) is 2.88. The number of aromatic carboxylic acids is 1. The molecular formula is C19H17NO4. The molecule has 3 aromatic rings. The molecular weight excluding hydrogens is 306 g/mol. The fraction of sp³-hybridized carbons (Fsp3) is 0.158. The summed E-state index contributed by atoms with van der Waals surface area (Å²) in [5.74, 6) is 0.309. The second-order valence-corrected chi connectivity index (χ2v) is 5.17. The molecule has 1 aromatic heterocycles. The Morgan fingerprint density at radius 2 is 1.92 bits per heavy atom. The molecule has 122 valence electrons. The zero-order chi connectivity index (χ0) is 17.1. The zero-order valence-electron chi connectivity index (χ0n) is 13.4. The maximum atomic E-state index is 11.6. The Labute approximate surface area is 139 Å². The number of hydrogen-bond acceptors (Lipinski definition) is 4. The molecule has 0 aliphatic heterocycles. The van der Waals surface area contributed by atoms with Crippen molar-refractivity contribution in [2.45, 2.75) is 6.92 Å². The van der Waals surface area contributed by atoms with E-state index in [0.717, 1.165) is 11.3 Å². The molecule has 0 aliphatic rings. The topological polar surface area (TPSA) is 68.7 Å². The lowest BCUT2D eigenvalue weighted by atomic mass is 10.0. The number of benzene rings is 2. The van der Waals surface area contributed by atoms with Crippen LogP contribution in [0.5, 0.6) is 11.5 Å². The Hall–Kier alpha value is -3.08. The maximum absolute atomic E-state index is 11.6. The number of ether oxygens (including phenoxy) is 2. The molecule has 0 saturated heterocycles. The summed E-state index contributed by atoms with van der Waals surface area (Å²) in [6.07, 6.45) is 0. The van der Waals surface area contributed by atoms with E-state index in [1.54, 1.807) is 31.4 Å². The van der Waals surface area contributed by atoms with Gasteiger partial charge < -0.3 is 14.6 Å². The first-order valence-corrected chi connectivity index (χ1v) is 7.58.